The van der Waals surface area contributed by atoms with Crippen molar-refractivity contribution >= 4 is 11.8 Å². The molecule has 5 heteroatoms. The Kier molecular flexibility index (Phi) is 5.70. The van der Waals surface area contributed by atoms with Crippen LogP contribution in [0.5, 0.6) is 0 Å². The molecule has 0 spiro atoms. The lowest BCUT2D eigenvalue weighted by molar-refractivity contribution is 0.270. The zero-order chi connectivity index (χ0) is 16.1. The largest absolute Gasteiger partial charge is 0.367 e. The molecule has 128 valence electrons. The lowest BCUT2D eigenvalue weighted by Gasteiger charge is -2.34. The molecule has 1 aliphatic carbocycles. The van der Waals surface area contributed by atoms with Crippen molar-refractivity contribution < 1.29 is 0 Å². The molecule has 1 aliphatic heterocycles. The molecular weight excluding hydrogens is 286 g/mol. The first-order chi connectivity index (χ1) is 11.2. The molecule has 0 radical (unpaired) electrons. The van der Waals surface area contributed by atoms with Crippen LogP contribution in [0.15, 0.2) is 6.07 Å². The lowest BCUT2D eigenvalue weighted by Crippen LogP contribution is -2.46. The van der Waals surface area contributed by atoms with Crippen molar-refractivity contribution in [1.29, 1.82) is 0 Å². The van der Waals surface area contributed by atoms with Crippen molar-refractivity contribution in [2.24, 2.45) is 0 Å². The molecule has 1 saturated carbocycles. The maximum Gasteiger partial charge on any atom is 0.227 e. The van der Waals surface area contributed by atoms with Crippen molar-refractivity contribution in [3.63, 3.8) is 0 Å². The summed E-state index contributed by atoms with van der Waals surface area (Å²) in [5.41, 5.74) is 1.06. The quantitative estimate of drug-likeness (QED) is 0.865. The van der Waals surface area contributed by atoms with Crippen LogP contribution in [0.1, 0.15) is 51.1 Å². The van der Waals surface area contributed by atoms with Gasteiger partial charge in [-0.15, -0.1) is 0 Å². The number of hydrogen-bond donors (Lipinski definition) is 1. The first-order valence-electron chi connectivity index (χ1n) is 9.34. The van der Waals surface area contributed by atoms with E-state index >= 15 is 0 Å². The van der Waals surface area contributed by atoms with Gasteiger partial charge in [0.05, 0.1) is 0 Å². The Hall–Kier alpha value is -1.36. The highest BCUT2D eigenvalue weighted by Crippen LogP contribution is 2.22. The molecule has 2 aliphatic rings. The van der Waals surface area contributed by atoms with E-state index in [0.717, 1.165) is 50.2 Å². The molecule has 1 aromatic rings. The number of aryl methyl sites for hydroxylation is 1. The van der Waals surface area contributed by atoms with Crippen LogP contribution in [0.2, 0.25) is 0 Å². The highest BCUT2D eigenvalue weighted by atomic mass is 15.3. The zero-order valence-corrected chi connectivity index (χ0v) is 14.7. The number of nitrogens with zero attached hydrogens (tertiary/aromatic N) is 4. The van der Waals surface area contributed by atoms with Crippen LogP contribution >= 0.6 is 0 Å². The predicted octanol–water partition coefficient (Wildman–Crippen LogP) is 3.06. The summed E-state index contributed by atoms with van der Waals surface area (Å²) < 4.78 is 0. The Morgan fingerprint density at radius 2 is 1.74 bits per heavy atom. The minimum Gasteiger partial charge on any atom is -0.367 e. The van der Waals surface area contributed by atoms with Crippen LogP contribution in [-0.4, -0.2) is 53.6 Å². The van der Waals surface area contributed by atoms with Crippen LogP contribution in [0.25, 0.3) is 0 Å². The van der Waals surface area contributed by atoms with Crippen molar-refractivity contribution in [2.45, 2.75) is 58.4 Å². The third kappa shape index (κ3) is 4.56. The molecule has 0 unspecified atom stereocenters. The first-order valence-corrected chi connectivity index (χ1v) is 9.34. The Morgan fingerprint density at radius 3 is 2.39 bits per heavy atom. The maximum absolute atomic E-state index is 4.82. The Bertz CT molecular complexity index is 488. The molecule has 1 aromatic heterocycles. The van der Waals surface area contributed by atoms with E-state index in [-0.39, 0.29) is 0 Å². The van der Waals surface area contributed by atoms with Gasteiger partial charge in [-0.05, 0) is 26.3 Å². The summed E-state index contributed by atoms with van der Waals surface area (Å²) in [4.78, 5) is 14.3. The van der Waals surface area contributed by atoms with Crippen LogP contribution in [0, 0.1) is 6.92 Å². The Labute approximate surface area is 140 Å². The topological polar surface area (TPSA) is 44.3 Å². The Balaban J connectivity index is 1.66. The van der Waals surface area contributed by atoms with E-state index in [9.17, 15) is 0 Å². The number of hydrogen-bond acceptors (Lipinski definition) is 5. The summed E-state index contributed by atoms with van der Waals surface area (Å²) in [6.45, 7) is 9.72. The molecule has 0 amide bonds. The molecule has 2 heterocycles. The SMILES string of the molecule is CCN1CCN(c2nc(C)cc(NC3CCCCCC3)n2)CC1. The van der Waals surface area contributed by atoms with Crippen molar-refractivity contribution in [3.8, 4) is 0 Å². The molecule has 0 bridgehead atoms. The third-order valence-corrected chi connectivity index (χ3v) is 5.15. The average molecular weight is 317 g/mol. The number of nitrogens with one attached hydrogen (secondary N) is 1. The van der Waals surface area contributed by atoms with Gasteiger partial charge >= 0.3 is 0 Å². The third-order valence-electron chi connectivity index (χ3n) is 5.15. The molecule has 1 N–H and O–H groups in total. The Morgan fingerprint density at radius 1 is 1.04 bits per heavy atom. The molecular formula is C18H31N5. The van der Waals surface area contributed by atoms with E-state index in [0.29, 0.717) is 6.04 Å². The van der Waals surface area contributed by atoms with Crippen LogP contribution in [-0.2, 0) is 0 Å². The van der Waals surface area contributed by atoms with Gasteiger partial charge in [0, 0.05) is 44.0 Å². The van der Waals surface area contributed by atoms with Gasteiger partial charge in [-0.3, -0.25) is 0 Å². The van der Waals surface area contributed by atoms with Gasteiger partial charge in [0.2, 0.25) is 5.95 Å². The molecule has 0 aromatic carbocycles. The summed E-state index contributed by atoms with van der Waals surface area (Å²) in [5, 5.41) is 3.67. The van der Waals surface area contributed by atoms with Gasteiger partial charge in [-0.2, -0.15) is 4.98 Å². The van der Waals surface area contributed by atoms with Gasteiger partial charge in [0.15, 0.2) is 0 Å². The van der Waals surface area contributed by atoms with E-state index < -0.39 is 0 Å². The fourth-order valence-corrected chi connectivity index (χ4v) is 3.67. The highest BCUT2D eigenvalue weighted by Gasteiger charge is 2.19. The minimum atomic E-state index is 0.580. The smallest absolute Gasteiger partial charge is 0.227 e. The minimum absolute atomic E-state index is 0.580. The first kappa shape index (κ1) is 16.5. The van der Waals surface area contributed by atoms with Crippen LogP contribution < -0.4 is 10.2 Å². The van der Waals surface area contributed by atoms with E-state index in [1.54, 1.807) is 0 Å². The van der Waals surface area contributed by atoms with Crippen molar-refractivity contribution in [1.82, 2.24) is 14.9 Å². The highest BCUT2D eigenvalue weighted by molar-refractivity contribution is 5.44. The predicted molar refractivity (Wildman–Crippen MR) is 96.2 cm³/mol. The van der Waals surface area contributed by atoms with E-state index in [4.69, 9.17) is 4.98 Å². The fourth-order valence-electron chi connectivity index (χ4n) is 3.67. The number of rotatable bonds is 4. The van der Waals surface area contributed by atoms with E-state index in [1.165, 1.54) is 38.5 Å². The van der Waals surface area contributed by atoms with Gasteiger partial charge < -0.3 is 15.1 Å². The molecule has 2 fully saturated rings. The molecule has 3 rings (SSSR count). The normalized spacial score (nSPS) is 21.2. The lowest BCUT2D eigenvalue weighted by atomic mass is 10.1. The summed E-state index contributed by atoms with van der Waals surface area (Å²) >= 11 is 0. The molecule has 1 saturated heterocycles. The second kappa shape index (κ2) is 7.95. The average Bonchev–Trinajstić information content (AvgIpc) is 2.83. The fraction of sp³-hybridized carbons (Fsp3) is 0.778. The molecule has 0 atom stereocenters. The number of piperazine rings is 1. The summed E-state index contributed by atoms with van der Waals surface area (Å²) in [5.74, 6) is 1.91. The standard InChI is InChI=1S/C18H31N5/c1-3-22-10-12-23(13-11-22)18-19-15(2)14-17(21-18)20-16-8-6-4-5-7-9-16/h14,16H,3-13H2,1-2H3,(H,19,20,21). The van der Waals surface area contributed by atoms with Crippen LogP contribution in [0.3, 0.4) is 0 Å². The number of aromatic nitrogens is 2. The number of anilines is 2. The van der Waals surface area contributed by atoms with E-state index in [1.807, 2.05) is 0 Å². The second-order valence-corrected chi connectivity index (χ2v) is 6.95. The summed E-state index contributed by atoms with van der Waals surface area (Å²) in [6, 6.07) is 2.67. The van der Waals surface area contributed by atoms with Crippen molar-refractivity contribution in [2.75, 3.05) is 42.9 Å². The molecule has 5 nitrogen and oxygen atoms in total. The van der Waals surface area contributed by atoms with Gasteiger partial charge in [0.25, 0.3) is 0 Å². The van der Waals surface area contributed by atoms with Crippen molar-refractivity contribution in [3.05, 3.63) is 11.8 Å². The van der Waals surface area contributed by atoms with Gasteiger partial charge in [0.1, 0.15) is 5.82 Å². The summed E-state index contributed by atoms with van der Waals surface area (Å²) in [6.07, 6.45) is 7.99. The molecule has 23 heavy (non-hydrogen) atoms. The van der Waals surface area contributed by atoms with Gasteiger partial charge in [-0.1, -0.05) is 32.6 Å². The second-order valence-electron chi connectivity index (χ2n) is 6.95. The summed E-state index contributed by atoms with van der Waals surface area (Å²) in [7, 11) is 0. The maximum atomic E-state index is 4.82. The monoisotopic (exact) mass is 317 g/mol. The van der Waals surface area contributed by atoms with Crippen LogP contribution in [0.4, 0.5) is 11.8 Å². The zero-order valence-electron chi connectivity index (χ0n) is 14.7. The number of likely N-dealkylation sites (N-methyl/N-ethyl adjacent to an activating group) is 1. The van der Waals surface area contributed by atoms with Gasteiger partial charge in [-0.25, -0.2) is 4.98 Å². The van der Waals surface area contributed by atoms with E-state index in [2.05, 4.69) is 40.0 Å².